The molecule has 27 heavy (non-hydrogen) atoms. The van der Waals surface area contributed by atoms with Gasteiger partial charge < -0.3 is 4.74 Å². The van der Waals surface area contributed by atoms with Crippen molar-refractivity contribution in [3.8, 4) is 0 Å². The van der Waals surface area contributed by atoms with E-state index >= 15 is 0 Å². The van der Waals surface area contributed by atoms with Gasteiger partial charge in [-0.1, -0.05) is 52.7 Å². The van der Waals surface area contributed by atoms with Crippen LogP contribution in [0.25, 0.3) is 0 Å². The Balaban J connectivity index is 1.94. The van der Waals surface area contributed by atoms with E-state index in [4.69, 9.17) is 4.74 Å². The van der Waals surface area contributed by atoms with Gasteiger partial charge in [-0.2, -0.15) is 0 Å². The summed E-state index contributed by atoms with van der Waals surface area (Å²) < 4.78 is 5.26. The molecule has 148 valence electrons. The predicted octanol–water partition coefficient (Wildman–Crippen LogP) is 5.59. The number of ether oxygens (including phenoxy) is 1. The topological polar surface area (TPSA) is 43.4 Å². The van der Waals surface area contributed by atoms with Gasteiger partial charge in [0.2, 0.25) is 0 Å². The maximum Gasteiger partial charge on any atom is 0.309 e. The molecule has 0 radical (unpaired) electrons. The summed E-state index contributed by atoms with van der Waals surface area (Å²) in [6.45, 7) is 11.3. The molecule has 1 saturated carbocycles. The number of esters is 1. The molecule has 0 bridgehead atoms. The molecule has 2 atom stereocenters. The lowest BCUT2D eigenvalue weighted by molar-refractivity contribution is -0.150. The van der Waals surface area contributed by atoms with Crippen LogP contribution in [-0.4, -0.2) is 18.4 Å². The minimum Gasteiger partial charge on any atom is -0.466 e. The van der Waals surface area contributed by atoms with Crippen LogP contribution in [0.4, 0.5) is 0 Å². The minimum atomic E-state index is -0.285. The highest BCUT2D eigenvalue weighted by atomic mass is 16.5. The quantitative estimate of drug-likeness (QED) is 0.513. The van der Waals surface area contributed by atoms with Gasteiger partial charge in [-0.3, -0.25) is 9.59 Å². The number of carbonyl (C=O) groups is 2. The molecule has 0 N–H and O–H groups in total. The molecular formula is C24H34O3. The first kappa shape index (κ1) is 20.1. The Morgan fingerprint density at radius 1 is 0.963 bits per heavy atom. The first-order valence-corrected chi connectivity index (χ1v) is 10.5. The predicted molar refractivity (Wildman–Crippen MR) is 108 cm³/mol. The average Bonchev–Trinajstić information content (AvgIpc) is 2.65. The highest BCUT2D eigenvalue weighted by molar-refractivity contribution is 6.00. The number of fused-ring (bicyclic) bond motifs is 1. The second-order valence-electron chi connectivity index (χ2n) is 9.64. The van der Waals surface area contributed by atoms with Crippen LogP contribution in [0.5, 0.6) is 0 Å². The maximum atomic E-state index is 13.4. The van der Waals surface area contributed by atoms with Gasteiger partial charge in [0, 0.05) is 11.5 Å². The summed E-state index contributed by atoms with van der Waals surface area (Å²) >= 11 is 0. The van der Waals surface area contributed by atoms with Crippen molar-refractivity contribution in [1.82, 2.24) is 0 Å². The number of hydrogen-bond donors (Lipinski definition) is 0. The number of benzene rings is 1. The molecule has 1 fully saturated rings. The van der Waals surface area contributed by atoms with Crippen LogP contribution < -0.4 is 0 Å². The highest BCUT2D eigenvalue weighted by Crippen LogP contribution is 2.46. The molecule has 0 spiro atoms. The SMILES string of the molecule is CCOC(=O)C1CCCCC1C(=O)c1ccc2c(c1)C(C)(C)CCC2(C)C. The van der Waals surface area contributed by atoms with Crippen molar-refractivity contribution in [1.29, 1.82) is 0 Å². The van der Waals surface area contributed by atoms with Crippen molar-refractivity contribution in [2.75, 3.05) is 6.61 Å². The Bertz CT molecular complexity index is 729. The van der Waals surface area contributed by atoms with Crippen molar-refractivity contribution >= 4 is 11.8 Å². The second-order valence-corrected chi connectivity index (χ2v) is 9.64. The van der Waals surface area contributed by atoms with Crippen molar-refractivity contribution in [2.24, 2.45) is 11.8 Å². The summed E-state index contributed by atoms with van der Waals surface area (Å²) in [4.78, 5) is 25.8. The average molecular weight is 371 g/mol. The lowest BCUT2D eigenvalue weighted by atomic mass is 9.62. The summed E-state index contributed by atoms with van der Waals surface area (Å²) in [7, 11) is 0. The van der Waals surface area contributed by atoms with Crippen molar-refractivity contribution in [3.63, 3.8) is 0 Å². The monoisotopic (exact) mass is 370 g/mol. The zero-order valence-corrected chi connectivity index (χ0v) is 17.6. The number of hydrogen-bond acceptors (Lipinski definition) is 3. The fourth-order valence-electron chi connectivity index (χ4n) is 4.93. The molecule has 3 heteroatoms. The van der Waals surface area contributed by atoms with E-state index in [0.717, 1.165) is 44.1 Å². The normalized spacial score (nSPS) is 26.1. The van der Waals surface area contributed by atoms with E-state index in [1.54, 1.807) is 0 Å². The summed E-state index contributed by atoms with van der Waals surface area (Å²) in [5.74, 6) is -0.605. The number of rotatable bonds is 4. The zero-order valence-electron chi connectivity index (χ0n) is 17.6. The fraction of sp³-hybridized carbons (Fsp3) is 0.667. The van der Waals surface area contributed by atoms with Gasteiger partial charge in [0.25, 0.3) is 0 Å². The minimum absolute atomic E-state index is 0.0776. The fourth-order valence-corrected chi connectivity index (χ4v) is 4.93. The van der Waals surface area contributed by atoms with Crippen molar-refractivity contribution < 1.29 is 14.3 Å². The van der Waals surface area contributed by atoms with Crippen molar-refractivity contribution in [2.45, 2.75) is 84.0 Å². The van der Waals surface area contributed by atoms with E-state index in [-0.39, 0.29) is 34.4 Å². The van der Waals surface area contributed by atoms with E-state index in [0.29, 0.717) is 6.61 Å². The molecule has 2 aliphatic carbocycles. The van der Waals surface area contributed by atoms with E-state index in [2.05, 4.69) is 39.8 Å². The molecule has 0 heterocycles. The first-order chi connectivity index (χ1) is 12.7. The zero-order chi connectivity index (χ0) is 19.8. The third-order valence-electron chi connectivity index (χ3n) is 6.83. The van der Waals surface area contributed by atoms with Crippen LogP contribution in [-0.2, 0) is 20.4 Å². The number of Topliss-reactive ketones (excluding diaryl/α,β-unsaturated/α-hetero) is 1. The second kappa shape index (κ2) is 7.41. The Labute approximate surface area is 163 Å². The molecular weight excluding hydrogens is 336 g/mol. The Morgan fingerprint density at radius 3 is 2.19 bits per heavy atom. The van der Waals surface area contributed by atoms with Crippen LogP contribution >= 0.6 is 0 Å². The molecule has 0 aliphatic heterocycles. The van der Waals surface area contributed by atoms with Crippen LogP contribution in [0, 0.1) is 11.8 Å². The number of carbonyl (C=O) groups excluding carboxylic acids is 2. The van der Waals surface area contributed by atoms with Gasteiger partial charge in [-0.25, -0.2) is 0 Å². The molecule has 0 aromatic heterocycles. The molecule has 1 aromatic carbocycles. The molecule has 3 nitrogen and oxygen atoms in total. The smallest absolute Gasteiger partial charge is 0.309 e. The van der Waals surface area contributed by atoms with Gasteiger partial charge >= 0.3 is 5.97 Å². The highest BCUT2D eigenvalue weighted by Gasteiger charge is 2.40. The van der Waals surface area contributed by atoms with E-state index in [1.807, 2.05) is 13.0 Å². The van der Waals surface area contributed by atoms with Crippen LogP contribution in [0.3, 0.4) is 0 Å². The van der Waals surface area contributed by atoms with Crippen LogP contribution in [0.15, 0.2) is 18.2 Å². The Kier molecular flexibility index (Phi) is 5.52. The third kappa shape index (κ3) is 3.83. The van der Waals surface area contributed by atoms with Gasteiger partial charge in [-0.05, 0) is 60.6 Å². The van der Waals surface area contributed by atoms with E-state index in [9.17, 15) is 9.59 Å². The molecule has 1 aromatic rings. The lowest BCUT2D eigenvalue weighted by Crippen LogP contribution is -2.36. The first-order valence-electron chi connectivity index (χ1n) is 10.5. The summed E-state index contributed by atoms with van der Waals surface area (Å²) in [6, 6.07) is 6.27. The summed E-state index contributed by atoms with van der Waals surface area (Å²) in [6.07, 6.45) is 5.84. The molecule has 0 saturated heterocycles. The van der Waals surface area contributed by atoms with Gasteiger partial charge in [0.1, 0.15) is 0 Å². The molecule has 2 unspecified atom stereocenters. The van der Waals surface area contributed by atoms with Gasteiger partial charge in [0.05, 0.1) is 12.5 Å². The summed E-state index contributed by atoms with van der Waals surface area (Å²) in [5, 5.41) is 0. The van der Waals surface area contributed by atoms with Gasteiger partial charge in [0.15, 0.2) is 5.78 Å². The maximum absolute atomic E-state index is 13.4. The van der Waals surface area contributed by atoms with E-state index < -0.39 is 0 Å². The van der Waals surface area contributed by atoms with Gasteiger partial charge in [-0.15, -0.1) is 0 Å². The van der Waals surface area contributed by atoms with Crippen molar-refractivity contribution in [3.05, 3.63) is 34.9 Å². The lowest BCUT2D eigenvalue weighted by Gasteiger charge is -2.42. The summed E-state index contributed by atoms with van der Waals surface area (Å²) in [5.41, 5.74) is 3.65. The Morgan fingerprint density at radius 2 is 1.56 bits per heavy atom. The molecule has 2 aliphatic rings. The molecule has 3 rings (SSSR count). The Hall–Kier alpha value is -1.64. The number of ketones is 1. The third-order valence-corrected chi connectivity index (χ3v) is 6.83. The molecule has 0 amide bonds. The van der Waals surface area contributed by atoms with Crippen LogP contribution in [0.2, 0.25) is 0 Å². The standard InChI is InChI=1S/C24H34O3/c1-6-27-22(26)18-10-8-7-9-17(18)21(25)16-11-12-19-20(15-16)24(4,5)14-13-23(19,2)3/h11-12,15,17-18H,6-10,13-14H2,1-5H3. The largest absolute Gasteiger partial charge is 0.466 e. The van der Waals surface area contributed by atoms with Crippen LogP contribution in [0.1, 0.15) is 94.6 Å². The van der Waals surface area contributed by atoms with E-state index in [1.165, 1.54) is 11.1 Å².